The van der Waals surface area contributed by atoms with Crippen LogP contribution in [-0.2, 0) is 4.79 Å². The first-order chi connectivity index (χ1) is 9.47. The van der Waals surface area contributed by atoms with E-state index < -0.39 is 0 Å². The summed E-state index contributed by atoms with van der Waals surface area (Å²) in [4.78, 5) is 14.6. The third-order valence-electron chi connectivity index (χ3n) is 4.25. The SMILES string of the molecule is Cc1ccc([C@H](C)NC(=O)[C@H]2CCCN(C)C2)c(C)c1. The van der Waals surface area contributed by atoms with E-state index >= 15 is 0 Å². The Hall–Kier alpha value is -1.35. The van der Waals surface area contributed by atoms with Crippen molar-refractivity contribution in [1.29, 1.82) is 0 Å². The van der Waals surface area contributed by atoms with Gasteiger partial charge in [0.15, 0.2) is 0 Å². The maximum Gasteiger partial charge on any atom is 0.224 e. The molecule has 0 aromatic heterocycles. The molecule has 1 saturated heterocycles. The predicted molar refractivity (Wildman–Crippen MR) is 82.7 cm³/mol. The van der Waals surface area contributed by atoms with E-state index in [1.54, 1.807) is 0 Å². The molecule has 1 amide bonds. The third-order valence-corrected chi connectivity index (χ3v) is 4.25. The first-order valence-corrected chi connectivity index (χ1v) is 7.53. The van der Waals surface area contributed by atoms with Crippen LogP contribution in [0.25, 0.3) is 0 Å². The van der Waals surface area contributed by atoms with Gasteiger partial charge < -0.3 is 10.2 Å². The first kappa shape index (κ1) is 15.0. The van der Waals surface area contributed by atoms with Gasteiger partial charge in [0.05, 0.1) is 12.0 Å². The number of amides is 1. The van der Waals surface area contributed by atoms with Gasteiger partial charge in [0, 0.05) is 6.54 Å². The summed E-state index contributed by atoms with van der Waals surface area (Å²) >= 11 is 0. The first-order valence-electron chi connectivity index (χ1n) is 7.53. The minimum absolute atomic E-state index is 0.0790. The van der Waals surface area contributed by atoms with Crippen LogP contribution >= 0.6 is 0 Å². The molecule has 3 heteroatoms. The Morgan fingerprint density at radius 3 is 2.80 bits per heavy atom. The normalized spacial score (nSPS) is 21.5. The van der Waals surface area contributed by atoms with E-state index in [9.17, 15) is 4.79 Å². The molecule has 1 aromatic carbocycles. The molecule has 0 radical (unpaired) electrons. The van der Waals surface area contributed by atoms with Crippen LogP contribution in [0.15, 0.2) is 18.2 Å². The summed E-state index contributed by atoms with van der Waals surface area (Å²) in [5.74, 6) is 0.339. The van der Waals surface area contributed by atoms with E-state index in [2.05, 4.69) is 56.2 Å². The van der Waals surface area contributed by atoms with E-state index in [-0.39, 0.29) is 17.9 Å². The van der Waals surface area contributed by atoms with Crippen LogP contribution in [0.5, 0.6) is 0 Å². The lowest BCUT2D eigenvalue weighted by molar-refractivity contribution is -0.127. The smallest absolute Gasteiger partial charge is 0.224 e. The van der Waals surface area contributed by atoms with E-state index in [0.717, 1.165) is 25.9 Å². The van der Waals surface area contributed by atoms with Crippen molar-refractivity contribution in [3.8, 4) is 0 Å². The van der Waals surface area contributed by atoms with Crippen LogP contribution in [-0.4, -0.2) is 30.9 Å². The van der Waals surface area contributed by atoms with Gasteiger partial charge in [-0.1, -0.05) is 23.8 Å². The molecule has 0 bridgehead atoms. The van der Waals surface area contributed by atoms with Crippen molar-refractivity contribution in [3.05, 3.63) is 34.9 Å². The summed E-state index contributed by atoms with van der Waals surface area (Å²) in [6, 6.07) is 6.49. The summed E-state index contributed by atoms with van der Waals surface area (Å²) in [5.41, 5.74) is 3.73. The number of hydrogen-bond donors (Lipinski definition) is 1. The lowest BCUT2D eigenvalue weighted by Crippen LogP contribution is -2.42. The van der Waals surface area contributed by atoms with Crippen molar-refractivity contribution in [2.75, 3.05) is 20.1 Å². The molecular weight excluding hydrogens is 248 g/mol. The second kappa shape index (κ2) is 6.40. The van der Waals surface area contributed by atoms with Gasteiger partial charge in [-0.15, -0.1) is 0 Å². The van der Waals surface area contributed by atoms with Gasteiger partial charge in [-0.25, -0.2) is 0 Å². The van der Waals surface area contributed by atoms with Crippen molar-refractivity contribution in [2.24, 2.45) is 5.92 Å². The lowest BCUT2D eigenvalue weighted by Gasteiger charge is -2.30. The largest absolute Gasteiger partial charge is 0.349 e. The van der Waals surface area contributed by atoms with Crippen molar-refractivity contribution in [1.82, 2.24) is 10.2 Å². The number of aryl methyl sites for hydroxylation is 2. The van der Waals surface area contributed by atoms with Gasteiger partial charge in [0.25, 0.3) is 0 Å². The molecule has 2 atom stereocenters. The minimum Gasteiger partial charge on any atom is -0.349 e. The van der Waals surface area contributed by atoms with E-state index in [1.807, 2.05) is 0 Å². The number of rotatable bonds is 3. The molecule has 0 spiro atoms. The lowest BCUT2D eigenvalue weighted by atomic mass is 9.96. The van der Waals surface area contributed by atoms with E-state index in [4.69, 9.17) is 0 Å². The predicted octanol–water partition coefficient (Wildman–Crippen LogP) is 2.82. The number of carbonyl (C=O) groups excluding carboxylic acids is 1. The number of nitrogens with one attached hydrogen (secondary N) is 1. The number of likely N-dealkylation sites (tertiary alicyclic amines) is 1. The van der Waals surface area contributed by atoms with Crippen LogP contribution in [0, 0.1) is 19.8 Å². The fraction of sp³-hybridized carbons (Fsp3) is 0.588. The average Bonchev–Trinajstić information content (AvgIpc) is 2.38. The molecule has 0 aliphatic carbocycles. The van der Waals surface area contributed by atoms with Crippen LogP contribution < -0.4 is 5.32 Å². The summed E-state index contributed by atoms with van der Waals surface area (Å²) in [6.45, 7) is 8.27. The second-order valence-electron chi connectivity index (χ2n) is 6.19. The van der Waals surface area contributed by atoms with Gasteiger partial charge >= 0.3 is 0 Å². The van der Waals surface area contributed by atoms with Crippen LogP contribution in [0.4, 0.5) is 0 Å². The highest BCUT2D eigenvalue weighted by atomic mass is 16.2. The highest BCUT2D eigenvalue weighted by Gasteiger charge is 2.25. The molecule has 1 aromatic rings. The minimum atomic E-state index is 0.0790. The molecule has 1 aliphatic heterocycles. The molecule has 0 unspecified atom stereocenters. The van der Waals surface area contributed by atoms with Gasteiger partial charge in [-0.3, -0.25) is 4.79 Å². The van der Waals surface area contributed by atoms with Gasteiger partial charge in [-0.2, -0.15) is 0 Å². The number of hydrogen-bond acceptors (Lipinski definition) is 2. The topological polar surface area (TPSA) is 32.3 Å². The fourth-order valence-electron chi connectivity index (χ4n) is 3.10. The van der Waals surface area contributed by atoms with Crippen molar-refractivity contribution >= 4 is 5.91 Å². The summed E-state index contributed by atoms with van der Waals surface area (Å²) in [7, 11) is 2.09. The van der Waals surface area contributed by atoms with E-state index in [1.165, 1.54) is 16.7 Å². The molecule has 0 saturated carbocycles. The Morgan fingerprint density at radius 1 is 1.40 bits per heavy atom. The zero-order chi connectivity index (χ0) is 14.7. The maximum absolute atomic E-state index is 12.4. The summed E-state index contributed by atoms with van der Waals surface area (Å²) in [5, 5.41) is 3.18. The third kappa shape index (κ3) is 3.60. The zero-order valence-electron chi connectivity index (χ0n) is 13.1. The van der Waals surface area contributed by atoms with Crippen LogP contribution in [0.2, 0.25) is 0 Å². The van der Waals surface area contributed by atoms with Crippen LogP contribution in [0.1, 0.15) is 42.5 Å². The van der Waals surface area contributed by atoms with Gasteiger partial charge in [-0.05, 0) is 58.3 Å². The van der Waals surface area contributed by atoms with E-state index in [0.29, 0.717) is 0 Å². The number of carbonyl (C=O) groups is 1. The number of piperidine rings is 1. The van der Waals surface area contributed by atoms with Gasteiger partial charge in [0.1, 0.15) is 0 Å². The summed E-state index contributed by atoms with van der Waals surface area (Å²) in [6.07, 6.45) is 2.13. The summed E-state index contributed by atoms with van der Waals surface area (Å²) < 4.78 is 0. The Labute approximate surface area is 122 Å². The highest BCUT2D eigenvalue weighted by molar-refractivity contribution is 5.79. The molecule has 1 N–H and O–H groups in total. The zero-order valence-corrected chi connectivity index (χ0v) is 13.1. The molecule has 20 heavy (non-hydrogen) atoms. The monoisotopic (exact) mass is 274 g/mol. The highest BCUT2D eigenvalue weighted by Crippen LogP contribution is 2.21. The molecule has 1 fully saturated rings. The molecule has 3 nitrogen and oxygen atoms in total. The molecule has 1 heterocycles. The second-order valence-corrected chi connectivity index (χ2v) is 6.19. The molecule has 2 rings (SSSR count). The Morgan fingerprint density at radius 2 is 2.15 bits per heavy atom. The molecular formula is C17H26N2O. The molecule has 110 valence electrons. The van der Waals surface area contributed by atoms with Crippen LogP contribution in [0.3, 0.4) is 0 Å². The van der Waals surface area contributed by atoms with Crippen molar-refractivity contribution in [3.63, 3.8) is 0 Å². The van der Waals surface area contributed by atoms with Crippen molar-refractivity contribution < 1.29 is 4.79 Å². The fourth-order valence-corrected chi connectivity index (χ4v) is 3.10. The Balaban J connectivity index is 1.99. The standard InChI is InChI=1S/C17H26N2O/c1-12-7-8-16(13(2)10-12)14(3)18-17(20)15-6-5-9-19(4)11-15/h7-8,10,14-15H,5-6,9,11H2,1-4H3,(H,18,20)/t14-,15-/m0/s1. The Kier molecular flexibility index (Phi) is 4.81. The number of benzene rings is 1. The Bertz CT molecular complexity index is 484. The maximum atomic E-state index is 12.4. The quantitative estimate of drug-likeness (QED) is 0.919. The number of nitrogens with zero attached hydrogens (tertiary/aromatic N) is 1. The average molecular weight is 274 g/mol. The molecule has 1 aliphatic rings. The van der Waals surface area contributed by atoms with Gasteiger partial charge in [0.2, 0.25) is 5.91 Å². The van der Waals surface area contributed by atoms with Crippen molar-refractivity contribution in [2.45, 2.75) is 39.7 Å².